The second-order valence-electron chi connectivity index (χ2n) is 18.7. The molecule has 14 aromatic rings. The van der Waals surface area contributed by atoms with Crippen molar-refractivity contribution in [3.63, 3.8) is 0 Å². The van der Waals surface area contributed by atoms with Gasteiger partial charge >= 0.3 is 0 Å². The second kappa shape index (κ2) is 17.2. The summed E-state index contributed by atoms with van der Waals surface area (Å²) in [5.41, 5.74) is 16.9. The zero-order chi connectivity index (χ0) is 50.1. The van der Waals surface area contributed by atoms with Crippen LogP contribution < -0.4 is 0 Å². The van der Waals surface area contributed by atoms with Crippen molar-refractivity contribution in [2.75, 3.05) is 0 Å². The number of para-hydroxylation sites is 2. The first-order valence-electron chi connectivity index (χ1n) is 24.6. The van der Waals surface area contributed by atoms with E-state index in [1.807, 2.05) is 109 Å². The molecule has 0 aliphatic heterocycles. The van der Waals surface area contributed by atoms with Crippen molar-refractivity contribution in [3.05, 3.63) is 247 Å². The van der Waals surface area contributed by atoms with Crippen molar-refractivity contribution >= 4 is 65.4 Å². The van der Waals surface area contributed by atoms with Crippen LogP contribution in [-0.2, 0) is 0 Å². The number of rotatable bonds is 7. The molecule has 0 aliphatic rings. The Kier molecular flexibility index (Phi) is 9.85. The molecule has 8 heteroatoms. The van der Waals surface area contributed by atoms with E-state index in [1.54, 1.807) is 0 Å². The molecule has 0 fully saturated rings. The molecular formula is C67H38N8. The molecular weight excluding hydrogens is 917 g/mol. The summed E-state index contributed by atoms with van der Waals surface area (Å²) in [4.78, 5) is 10.0. The molecule has 0 spiro atoms. The monoisotopic (exact) mass is 954 g/mol. The summed E-state index contributed by atoms with van der Waals surface area (Å²) < 4.78 is 6.81. The van der Waals surface area contributed by atoms with Gasteiger partial charge in [0.25, 0.3) is 0 Å². The number of fused-ring (bicyclic) bond motifs is 9. The zero-order valence-electron chi connectivity index (χ0n) is 40.0. The van der Waals surface area contributed by atoms with Gasteiger partial charge in [-0.3, -0.25) is 0 Å². The van der Waals surface area contributed by atoms with Crippen molar-refractivity contribution in [2.24, 2.45) is 0 Å². The first-order valence-corrected chi connectivity index (χ1v) is 24.6. The van der Waals surface area contributed by atoms with Gasteiger partial charge in [-0.1, -0.05) is 127 Å². The van der Waals surface area contributed by atoms with Crippen molar-refractivity contribution in [1.29, 1.82) is 15.8 Å². The third-order valence-corrected chi connectivity index (χ3v) is 14.6. The standard InChI is InChI=1S/C67H38N8/c68-39-42-19-29-63-55(33-42)53-15-7-9-17-61(53)74(63)50-26-31-65-57(36-50)58-37-51(75-62-18-10-8-16-54(62)56-34-43(40-69)20-30-64(56)75)27-32-66(58)73(65)49-25-28-52(48(35-49)41-70)44-21-23-46(24-22-44)60-38-59(45-11-3-1-4-12-45)71-67(72-60)47-13-5-2-6-14-47/h1-38H. The Morgan fingerprint density at radius 1 is 0.293 bits per heavy atom. The van der Waals surface area contributed by atoms with E-state index >= 15 is 0 Å². The van der Waals surface area contributed by atoms with E-state index in [0.29, 0.717) is 22.5 Å². The number of benzene rings is 10. The lowest BCUT2D eigenvalue weighted by atomic mass is 9.97. The molecule has 0 unspecified atom stereocenters. The predicted molar refractivity (Wildman–Crippen MR) is 301 cm³/mol. The molecule has 0 bridgehead atoms. The molecule has 0 saturated heterocycles. The van der Waals surface area contributed by atoms with Crippen LogP contribution in [0, 0.1) is 34.0 Å². The van der Waals surface area contributed by atoms with Crippen LogP contribution in [-0.4, -0.2) is 23.7 Å². The maximum absolute atomic E-state index is 10.9. The maximum Gasteiger partial charge on any atom is 0.160 e. The van der Waals surface area contributed by atoms with Gasteiger partial charge in [0, 0.05) is 66.1 Å². The number of nitrogens with zero attached hydrogens (tertiary/aromatic N) is 8. The predicted octanol–water partition coefficient (Wildman–Crippen LogP) is 16.1. The summed E-state index contributed by atoms with van der Waals surface area (Å²) in [6, 6.07) is 85.5. The largest absolute Gasteiger partial charge is 0.309 e. The molecule has 4 heterocycles. The lowest BCUT2D eigenvalue weighted by molar-refractivity contribution is 1.16. The molecule has 14 rings (SSSR count). The molecule has 0 atom stereocenters. The van der Waals surface area contributed by atoms with Gasteiger partial charge in [-0.15, -0.1) is 0 Å². The fourth-order valence-corrected chi connectivity index (χ4v) is 11.1. The Morgan fingerprint density at radius 3 is 1.20 bits per heavy atom. The average molecular weight is 955 g/mol. The molecule has 8 nitrogen and oxygen atoms in total. The fraction of sp³-hybridized carbons (Fsp3) is 0. The highest BCUT2D eigenvalue weighted by Crippen LogP contribution is 2.41. The topological polar surface area (TPSA) is 112 Å². The molecule has 10 aromatic carbocycles. The smallest absolute Gasteiger partial charge is 0.160 e. The van der Waals surface area contributed by atoms with E-state index in [2.05, 4.69) is 153 Å². The molecule has 0 saturated carbocycles. The molecule has 0 aliphatic carbocycles. The van der Waals surface area contributed by atoms with E-state index in [9.17, 15) is 15.8 Å². The van der Waals surface area contributed by atoms with Gasteiger partial charge in [0.15, 0.2) is 5.82 Å². The van der Waals surface area contributed by atoms with Crippen LogP contribution in [0.25, 0.3) is 128 Å². The molecule has 4 aromatic heterocycles. The van der Waals surface area contributed by atoms with Gasteiger partial charge < -0.3 is 13.7 Å². The Morgan fingerprint density at radius 2 is 0.693 bits per heavy atom. The average Bonchev–Trinajstić information content (AvgIpc) is 4.18. The molecule has 75 heavy (non-hydrogen) atoms. The van der Waals surface area contributed by atoms with Gasteiger partial charge in [0.2, 0.25) is 0 Å². The van der Waals surface area contributed by atoms with E-state index < -0.39 is 0 Å². The molecule has 346 valence electrons. The Balaban J connectivity index is 0.924. The van der Waals surface area contributed by atoms with Gasteiger partial charge in [-0.25, -0.2) is 9.97 Å². The van der Waals surface area contributed by atoms with E-state index in [1.165, 1.54) is 0 Å². The van der Waals surface area contributed by atoms with Crippen LogP contribution in [0.2, 0.25) is 0 Å². The van der Waals surface area contributed by atoms with Crippen LogP contribution in [0.4, 0.5) is 0 Å². The number of aromatic nitrogens is 5. The van der Waals surface area contributed by atoms with Crippen LogP contribution in [0.5, 0.6) is 0 Å². The minimum Gasteiger partial charge on any atom is -0.309 e. The van der Waals surface area contributed by atoms with Crippen molar-refractivity contribution in [2.45, 2.75) is 0 Å². The first-order chi connectivity index (χ1) is 37.0. The Hall–Kier alpha value is -10.9. The van der Waals surface area contributed by atoms with Gasteiger partial charge in [-0.05, 0) is 114 Å². The lowest BCUT2D eigenvalue weighted by Gasteiger charge is -2.13. The summed E-state index contributed by atoms with van der Waals surface area (Å²) in [6.45, 7) is 0. The summed E-state index contributed by atoms with van der Waals surface area (Å²) in [5, 5.41) is 36.9. The maximum atomic E-state index is 10.9. The van der Waals surface area contributed by atoms with Crippen LogP contribution in [0.1, 0.15) is 16.7 Å². The zero-order valence-corrected chi connectivity index (χ0v) is 40.0. The third-order valence-electron chi connectivity index (χ3n) is 14.6. The van der Waals surface area contributed by atoms with Crippen molar-refractivity contribution < 1.29 is 0 Å². The second-order valence-corrected chi connectivity index (χ2v) is 18.7. The fourth-order valence-electron chi connectivity index (χ4n) is 11.1. The lowest BCUT2D eigenvalue weighted by Crippen LogP contribution is -1.98. The minimum absolute atomic E-state index is 0.548. The Labute approximate surface area is 430 Å². The number of hydrogen-bond acceptors (Lipinski definition) is 5. The normalized spacial score (nSPS) is 11.4. The van der Waals surface area contributed by atoms with Gasteiger partial charge in [0.05, 0.1) is 79.4 Å². The summed E-state index contributed by atoms with van der Waals surface area (Å²) in [6.07, 6.45) is 0. The number of hydrogen-bond donors (Lipinski definition) is 0. The first kappa shape index (κ1) is 43.0. The van der Waals surface area contributed by atoms with Gasteiger partial charge in [-0.2, -0.15) is 15.8 Å². The minimum atomic E-state index is 0.548. The molecule has 0 radical (unpaired) electrons. The quantitative estimate of drug-likeness (QED) is 0.158. The summed E-state index contributed by atoms with van der Waals surface area (Å²) >= 11 is 0. The summed E-state index contributed by atoms with van der Waals surface area (Å²) in [7, 11) is 0. The van der Waals surface area contributed by atoms with Crippen LogP contribution in [0.3, 0.4) is 0 Å². The molecule has 0 N–H and O–H groups in total. The Bertz CT molecular complexity index is 4540. The van der Waals surface area contributed by atoms with E-state index in [-0.39, 0.29) is 0 Å². The van der Waals surface area contributed by atoms with Gasteiger partial charge in [0.1, 0.15) is 0 Å². The highest BCUT2D eigenvalue weighted by molar-refractivity contribution is 6.14. The molecule has 0 amide bonds. The number of nitriles is 3. The van der Waals surface area contributed by atoms with Crippen molar-refractivity contribution in [3.8, 4) is 80.3 Å². The summed E-state index contributed by atoms with van der Waals surface area (Å²) in [5.74, 6) is 0.652. The highest BCUT2D eigenvalue weighted by atomic mass is 15.0. The van der Waals surface area contributed by atoms with Crippen LogP contribution in [0.15, 0.2) is 231 Å². The highest BCUT2D eigenvalue weighted by Gasteiger charge is 2.21. The van der Waals surface area contributed by atoms with E-state index in [0.717, 1.165) is 122 Å². The van der Waals surface area contributed by atoms with Crippen LogP contribution >= 0.6 is 0 Å². The van der Waals surface area contributed by atoms with Crippen molar-refractivity contribution in [1.82, 2.24) is 23.7 Å². The van der Waals surface area contributed by atoms with E-state index in [4.69, 9.17) is 9.97 Å². The SMILES string of the molecule is N#Cc1ccc2c(c1)c1ccccc1n2-c1ccc2c(c1)c1cc(-n3c4ccccc4c4cc(C#N)ccc43)ccc1n2-c1ccc(-c2ccc(-c3cc(-c4ccccc4)nc(-c4ccccc4)n3)cc2)c(C#N)c1. The third kappa shape index (κ3) is 6.96.